The van der Waals surface area contributed by atoms with E-state index in [-0.39, 0.29) is 6.04 Å². The third kappa shape index (κ3) is 2.21. The predicted octanol–water partition coefficient (Wildman–Crippen LogP) is 2.36. The van der Waals surface area contributed by atoms with Gasteiger partial charge in [0.2, 0.25) is 0 Å². The van der Waals surface area contributed by atoms with Crippen molar-refractivity contribution in [3.8, 4) is 0 Å². The molecule has 0 saturated heterocycles. The van der Waals surface area contributed by atoms with E-state index in [1.807, 2.05) is 37.3 Å². The van der Waals surface area contributed by atoms with Gasteiger partial charge < -0.3 is 10.0 Å². The van der Waals surface area contributed by atoms with Gasteiger partial charge in [-0.05, 0) is 12.5 Å². The number of hydrogen-bond donors (Lipinski definition) is 1. The molecule has 0 heterocycles. The third-order valence-electron chi connectivity index (χ3n) is 2.16. The minimum absolute atomic E-state index is 0.0984. The monoisotopic (exact) mass is 179 g/mol. The largest absolute Gasteiger partial charge is 0.465 e. The lowest BCUT2D eigenvalue weighted by atomic mass is 10.1. The Balaban J connectivity index is 2.79. The van der Waals surface area contributed by atoms with Crippen molar-refractivity contribution in [1.82, 2.24) is 4.90 Å². The first-order valence-corrected chi connectivity index (χ1v) is 4.13. The van der Waals surface area contributed by atoms with Gasteiger partial charge in [0.1, 0.15) is 0 Å². The van der Waals surface area contributed by atoms with Gasteiger partial charge in [0.05, 0.1) is 6.04 Å². The van der Waals surface area contributed by atoms with Crippen molar-refractivity contribution >= 4 is 6.09 Å². The van der Waals surface area contributed by atoms with E-state index in [1.165, 1.54) is 4.90 Å². The Labute approximate surface area is 77.6 Å². The Morgan fingerprint density at radius 1 is 1.38 bits per heavy atom. The van der Waals surface area contributed by atoms with Gasteiger partial charge in [-0.3, -0.25) is 0 Å². The maximum absolute atomic E-state index is 10.6. The van der Waals surface area contributed by atoms with Gasteiger partial charge in [0.25, 0.3) is 0 Å². The van der Waals surface area contributed by atoms with Crippen LogP contribution in [0, 0.1) is 0 Å². The Kier molecular flexibility index (Phi) is 2.90. The fourth-order valence-corrected chi connectivity index (χ4v) is 1.12. The van der Waals surface area contributed by atoms with E-state index in [0.29, 0.717) is 0 Å². The topological polar surface area (TPSA) is 40.5 Å². The van der Waals surface area contributed by atoms with Crippen molar-refractivity contribution in [3.63, 3.8) is 0 Å². The number of nitrogens with zero attached hydrogens (tertiary/aromatic N) is 1. The van der Waals surface area contributed by atoms with E-state index >= 15 is 0 Å². The van der Waals surface area contributed by atoms with Gasteiger partial charge in [-0.15, -0.1) is 0 Å². The first-order chi connectivity index (χ1) is 6.13. The lowest BCUT2D eigenvalue weighted by Gasteiger charge is -2.21. The molecule has 0 saturated carbocycles. The maximum atomic E-state index is 10.6. The van der Waals surface area contributed by atoms with Crippen LogP contribution in [0.1, 0.15) is 18.5 Å². The Morgan fingerprint density at radius 3 is 2.38 bits per heavy atom. The number of carboxylic acid groups (broad SMARTS) is 1. The lowest BCUT2D eigenvalue weighted by molar-refractivity contribution is 0.142. The molecule has 0 spiro atoms. The zero-order chi connectivity index (χ0) is 9.84. The molecular weight excluding hydrogens is 166 g/mol. The van der Waals surface area contributed by atoms with E-state index in [2.05, 4.69) is 0 Å². The molecule has 0 aliphatic rings. The van der Waals surface area contributed by atoms with E-state index in [1.54, 1.807) is 7.05 Å². The molecule has 0 fully saturated rings. The average molecular weight is 179 g/mol. The fourth-order valence-electron chi connectivity index (χ4n) is 1.12. The van der Waals surface area contributed by atoms with Gasteiger partial charge in [-0.1, -0.05) is 30.3 Å². The molecule has 3 heteroatoms. The predicted molar refractivity (Wildman–Crippen MR) is 50.6 cm³/mol. The molecule has 1 N–H and O–H groups in total. The standard InChI is InChI=1S/C10H13NO2/c1-8(11(2)10(12)13)9-6-4-3-5-7-9/h3-8H,1-2H3,(H,12,13)/t8-/m1/s1. The SMILES string of the molecule is C[C@H](c1ccccc1)N(C)C(=O)O. The second-order valence-electron chi connectivity index (χ2n) is 2.98. The second-order valence-corrected chi connectivity index (χ2v) is 2.98. The summed E-state index contributed by atoms with van der Waals surface area (Å²) >= 11 is 0. The number of rotatable bonds is 2. The molecule has 1 atom stereocenters. The molecule has 3 nitrogen and oxygen atoms in total. The molecule has 1 rings (SSSR count). The number of hydrogen-bond acceptors (Lipinski definition) is 1. The molecule has 13 heavy (non-hydrogen) atoms. The second kappa shape index (κ2) is 3.94. The van der Waals surface area contributed by atoms with E-state index in [0.717, 1.165) is 5.56 Å². The zero-order valence-electron chi connectivity index (χ0n) is 7.77. The highest BCUT2D eigenvalue weighted by Gasteiger charge is 2.14. The lowest BCUT2D eigenvalue weighted by Crippen LogP contribution is -2.27. The third-order valence-corrected chi connectivity index (χ3v) is 2.16. The minimum atomic E-state index is -0.906. The van der Waals surface area contributed by atoms with Crippen LogP contribution in [0.2, 0.25) is 0 Å². The summed E-state index contributed by atoms with van der Waals surface area (Å²) in [4.78, 5) is 11.9. The van der Waals surface area contributed by atoms with Crippen LogP contribution in [-0.4, -0.2) is 23.1 Å². The van der Waals surface area contributed by atoms with Crippen LogP contribution in [0.3, 0.4) is 0 Å². The molecular formula is C10H13NO2. The summed E-state index contributed by atoms with van der Waals surface area (Å²) < 4.78 is 0. The van der Waals surface area contributed by atoms with Crippen LogP contribution < -0.4 is 0 Å². The van der Waals surface area contributed by atoms with E-state index < -0.39 is 6.09 Å². The molecule has 1 amide bonds. The Bertz CT molecular complexity index is 284. The summed E-state index contributed by atoms with van der Waals surface area (Å²) in [5.74, 6) is 0. The van der Waals surface area contributed by atoms with Crippen LogP contribution in [0.15, 0.2) is 30.3 Å². The van der Waals surface area contributed by atoms with Gasteiger partial charge in [0.15, 0.2) is 0 Å². The molecule has 0 bridgehead atoms. The molecule has 1 aromatic carbocycles. The molecule has 0 unspecified atom stereocenters. The minimum Gasteiger partial charge on any atom is -0.465 e. The van der Waals surface area contributed by atoms with Gasteiger partial charge in [0, 0.05) is 7.05 Å². The van der Waals surface area contributed by atoms with Crippen molar-refractivity contribution in [3.05, 3.63) is 35.9 Å². The summed E-state index contributed by atoms with van der Waals surface area (Å²) in [5, 5.41) is 8.74. The first-order valence-electron chi connectivity index (χ1n) is 4.13. The molecule has 0 aromatic heterocycles. The van der Waals surface area contributed by atoms with Crippen LogP contribution >= 0.6 is 0 Å². The van der Waals surface area contributed by atoms with E-state index in [4.69, 9.17) is 5.11 Å². The summed E-state index contributed by atoms with van der Waals surface area (Å²) in [7, 11) is 1.57. The van der Waals surface area contributed by atoms with Crippen molar-refractivity contribution in [1.29, 1.82) is 0 Å². The Morgan fingerprint density at radius 2 is 1.92 bits per heavy atom. The van der Waals surface area contributed by atoms with Gasteiger partial charge >= 0.3 is 6.09 Å². The first kappa shape index (κ1) is 9.58. The quantitative estimate of drug-likeness (QED) is 0.757. The maximum Gasteiger partial charge on any atom is 0.407 e. The van der Waals surface area contributed by atoms with E-state index in [9.17, 15) is 4.79 Å². The molecule has 0 aliphatic carbocycles. The highest BCUT2D eigenvalue weighted by Crippen LogP contribution is 2.17. The highest BCUT2D eigenvalue weighted by atomic mass is 16.4. The fraction of sp³-hybridized carbons (Fsp3) is 0.300. The van der Waals surface area contributed by atoms with Crippen molar-refractivity contribution in [2.75, 3.05) is 7.05 Å². The molecule has 0 radical (unpaired) electrons. The Hall–Kier alpha value is -1.51. The zero-order valence-corrected chi connectivity index (χ0v) is 7.77. The molecule has 1 aromatic rings. The number of carbonyl (C=O) groups is 1. The van der Waals surface area contributed by atoms with Crippen LogP contribution in [0.4, 0.5) is 4.79 Å². The molecule has 0 aliphatic heterocycles. The summed E-state index contributed by atoms with van der Waals surface area (Å²) in [6.07, 6.45) is -0.906. The van der Waals surface area contributed by atoms with Crippen LogP contribution in [0.25, 0.3) is 0 Å². The van der Waals surface area contributed by atoms with Crippen molar-refractivity contribution < 1.29 is 9.90 Å². The summed E-state index contributed by atoms with van der Waals surface area (Å²) in [5.41, 5.74) is 1.01. The van der Waals surface area contributed by atoms with Crippen LogP contribution in [-0.2, 0) is 0 Å². The highest BCUT2D eigenvalue weighted by molar-refractivity contribution is 5.65. The molecule has 70 valence electrons. The van der Waals surface area contributed by atoms with Crippen molar-refractivity contribution in [2.45, 2.75) is 13.0 Å². The number of amides is 1. The smallest absolute Gasteiger partial charge is 0.407 e. The summed E-state index contributed by atoms with van der Waals surface area (Å²) in [6.45, 7) is 1.86. The number of benzene rings is 1. The summed E-state index contributed by atoms with van der Waals surface area (Å²) in [6, 6.07) is 9.47. The van der Waals surface area contributed by atoms with Gasteiger partial charge in [-0.2, -0.15) is 0 Å². The van der Waals surface area contributed by atoms with Crippen molar-refractivity contribution in [2.24, 2.45) is 0 Å². The van der Waals surface area contributed by atoms with Crippen LogP contribution in [0.5, 0.6) is 0 Å². The van der Waals surface area contributed by atoms with Gasteiger partial charge in [-0.25, -0.2) is 4.79 Å². The average Bonchev–Trinajstić information content (AvgIpc) is 2.17. The normalized spacial score (nSPS) is 12.2.